The van der Waals surface area contributed by atoms with Gasteiger partial charge in [0.2, 0.25) is 0 Å². The predicted molar refractivity (Wildman–Crippen MR) is 77.0 cm³/mol. The smallest absolute Gasteiger partial charge is 0.254 e. The zero-order chi connectivity index (χ0) is 15.6. The topological polar surface area (TPSA) is 49.6 Å². The summed E-state index contributed by atoms with van der Waals surface area (Å²) in [5, 5.41) is 0. The molecule has 4 nitrogen and oxygen atoms in total. The maximum atomic E-state index is 13.2. The minimum absolute atomic E-state index is 0.0547. The fraction of sp³-hybridized carbons (Fsp3) is 0.533. The van der Waals surface area contributed by atoms with Gasteiger partial charge in [-0.2, -0.15) is 0 Å². The second kappa shape index (κ2) is 6.07. The highest BCUT2D eigenvalue weighted by Gasteiger charge is 2.30. The largest absolute Gasteiger partial charge is 0.336 e. The minimum atomic E-state index is -0.735. The summed E-state index contributed by atoms with van der Waals surface area (Å²) in [4.78, 5) is 16.1. The van der Waals surface area contributed by atoms with Crippen LogP contribution in [0.2, 0.25) is 0 Å². The van der Waals surface area contributed by atoms with Crippen LogP contribution in [0.15, 0.2) is 18.2 Å². The van der Waals surface area contributed by atoms with Crippen LogP contribution in [0.25, 0.3) is 0 Å². The molecule has 1 aromatic carbocycles. The summed E-state index contributed by atoms with van der Waals surface area (Å²) >= 11 is 0. The Labute approximate surface area is 123 Å². The van der Waals surface area contributed by atoms with Crippen LogP contribution in [-0.2, 0) is 0 Å². The molecule has 0 aliphatic carbocycles. The zero-order valence-corrected chi connectivity index (χ0v) is 12.4. The molecule has 0 aromatic heterocycles. The first-order valence-corrected chi connectivity index (χ1v) is 7.04. The van der Waals surface area contributed by atoms with E-state index in [1.54, 1.807) is 4.90 Å². The lowest BCUT2D eigenvalue weighted by Crippen LogP contribution is -2.58. The Bertz CT molecular complexity index is 505. The molecule has 0 radical (unpaired) electrons. The van der Waals surface area contributed by atoms with Gasteiger partial charge in [0.1, 0.15) is 11.6 Å². The summed E-state index contributed by atoms with van der Waals surface area (Å²) in [6.07, 6.45) is 0. The number of carbonyl (C=O) groups excluding carboxylic acids is 1. The van der Waals surface area contributed by atoms with Crippen LogP contribution >= 0.6 is 0 Å². The monoisotopic (exact) mass is 297 g/mol. The number of amides is 1. The van der Waals surface area contributed by atoms with Crippen molar-refractivity contribution >= 4 is 5.91 Å². The van der Waals surface area contributed by atoms with Crippen LogP contribution in [0.3, 0.4) is 0 Å². The molecular formula is C15H21F2N3O. The van der Waals surface area contributed by atoms with Crippen molar-refractivity contribution in [2.24, 2.45) is 5.73 Å². The molecule has 0 unspecified atom stereocenters. The first-order valence-electron chi connectivity index (χ1n) is 7.04. The molecule has 6 heteroatoms. The minimum Gasteiger partial charge on any atom is -0.336 e. The quantitative estimate of drug-likeness (QED) is 0.919. The molecule has 0 atom stereocenters. The number of piperazine rings is 1. The van der Waals surface area contributed by atoms with Crippen LogP contribution in [-0.4, -0.2) is 54.0 Å². The third kappa shape index (κ3) is 3.57. The van der Waals surface area contributed by atoms with Crippen LogP contribution in [0.4, 0.5) is 8.78 Å². The van der Waals surface area contributed by atoms with Crippen LogP contribution in [0.5, 0.6) is 0 Å². The highest BCUT2D eigenvalue weighted by atomic mass is 19.1. The molecule has 21 heavy (non-hydrogen) atoms. The molecule has 0 saturated carbocycles. The van der Waals surface area contributed by atoms with Gasteiger partial charge in [-0.25, -0.2) is 8.78 Å². The van der Waals surface area contributed by atoms with E-state index in [2.05, 4.69) is 18.7 Å². The second-order valence-corrected chi connectivity index (χ2v) is 5.95. The molecular weight excluding hydrogens is 276 g/mol. The lowest BCUT2D eigenvalue weighted by molar-refractivity contribution is 0.0425. The molecule has 1 fully saturated rings. The highest BCUT2D eigenvalue weighted by molar-refractivity contribution is 5.94. The van der Waals surface area contributed by atoms with E-state index in [0.29, 0.717) is 32.7 Å². The number of hydrogen-bond acceptors (Lipinski definition) is 3. The van der Waals surface area contributed by atoms with Gasteiger partial charge in [0.05, 0.1) is 0 Å². The molecule has 1 saturated heterocycles. The Morgan fingerprint density at radius 2 is 1.67 bits per heavy atom. The lowest BCUT2D eigenvalue weighted by Gasteiger charge is -2.43. The average molecular weight is 297 g/mol. The number of nitrogens with zero attached hydrogens (tertiary/aromatic N) is 2. The van der Waals surface area contributed by atoms with Gasteiger partial charge in [-0.1, -0.05) is 0 Å². The normalized spacial score (nSPS) is 17.1. The van der Waals surface area contributed by atoms with Crippen molar-refractivity contribution in [1.29, 1.82) is 0 Å². The molecule has 2 N–H and O–H groups in total. The van der Waals surface area contributed by atoms with E-state index in [-0.39, 0.29) is 17.0 Å². The van der Waals surface area contributed by atoms with E-state index in [1.807, 2.05) is 0 Å². The van der Waals surface area contributed by atoms with Gasteiger partial charge in [0.25, 0.3) is 5.91 Å². The Morgan fingerprint density at radius 3 is 2.14 bits per heavy atom. The second-order valence-electron chi connectivity index (χ2n) is 5.95. The van der Waals surface area contributed by atoms with E-state index in [1.165, 1.54) is 0 Å². The molecule has 1 heterocycles. The zero-order valence-electron chi connectivity index (χ0n) is 12.4. The van der Waals surface area contributed by atoms with E-state index < -0.39 is 11.6 Å². The van der Waals surface area contributed by atoms with Crippen molar-refractivity contribution in [2.75, 3.05) is 32.7 Å². The molecule has 2 rings (SSSR count). The summed E-state index contributed by atoms with van der Waals surface area (Å²) in [6, 6.07) is 2.90. The third-order valence-electron chi connectivity index (χ3n) is 4.03. The average Bonchev–Trinajstić information content (AvgIpc) is 2.45. The van der Waals surface area contributed by atoms with E-state index in [4.69, 9.17) is 5.73 Å². The predicted octanol–water partition coefficient (Wildman–Crippen LogP) is 1.46. The van der Waals surface area contributed by atoms with Gasteiger partial charge >= 0.3 is 0 Å². The van der Waals surface area contributed by atoms with Gasteiger partial charge in [-0.3, -0.25) is 9.69 Å². The standard InChI is InChI=1S/C15H21F2N3O/c1-15(2,10-18)20-5-3-19(4-6-20)14(21)11-7-12(16)9-13(17)8-11/h7-9H,3-6,10,18H2,1-2H3. The highest BCUT2D eigenvalue weighted by Crippen LogP contribution is 2.17. The van der Waals surface area contributed by atoms with Crippen molar-refractivity contribution in [2.45, 2.75) is 19.4 Å². The first kappa shape index (κ1) is 15.9. The molecule has 0 spiro atoms. The molecule has 0 bridgehead atoms. The summed E-state index contributed by atoms with van der Waals surface area (Å²) < 4.78 is 26.4. The van der Waals surface area contributed by atoms with E-state index in [9.17, 15) is 13.6 Å². The fourth-order valence-electron chi connectivity index (χ4n) is 2.50. The molecule has 1 aromatic rings. The van der Waals surface area contributed by atoms with Crippen molar-refractivity contribution in [1.82, 2.24) is 9.80 Å². The SMILES string of the molecule is CC(C)(CN)N1CCN(C(=O)c2cc(F)cc(F)c2)CC1. The summed E-state index contributed by atoms with van der Waals surface area (Å²) in [7, 11) is 0. The Balaban J connectivity index is 2.03. The van der Waals surface area contributed by atoms with Gasteiger partial charge in [0.15, 0.2) is 0 Å². The summed E-state index contributed by atoms with van der Waals surface area (Å²) in [5.41, 5.74) is 5.69. The number of rotatable bonds is 3. The first-order chi connectivity index (χ1) is 9.83. The number of hydrogen-bond donors (Lipinski definition) is 1. The van der Waals surface area contributed by atoms with Gasteiger partial charge < -0.3 is 10.6 Å². The summed E-state index contributed by atoms with van der Waals surface area (Å²) in [5.74, 6) is -1.80. The van der Waals surface area contributed by atoms with Crippen LogP contribution in [0.1, 0.15) is 24.2 Å². The van der Waals surface area contributed by atoms with E-state index in [0.717, 1.165) is 18.2 Å². The van der Waals surface area contributed by atoms with Gasteiger partial charge in [-0.15, -0.1) is 0 Å². The third-order valence-corrected chi connectivity index (χ3v) is 4.03. The van der Waals surface area contributed by atoms with Crippen molar-refractivity contribution in [3.63, 3.8) is 0 Å². The Kier molecular flexibility index (Phi) is 4.58. The molecule has 1 aliphatic rings. The Hall–Kier alpha value is -1.53. The lowest BCUT2D eigenvalue weighted by atomic mass is 10.0. The summed E-state index contributed by atoms with van der Waals surface area (Å²) in [6.45, 7) is 7.12. The number of halogens is 2. The van der Waals surface area contributed by atoms with Gasteiger partial charge in [0, 0.05) is 49.9 Å². The van der Waals surface area contributed by atoms with Crippen molar-refractivity contribution < 1.29 is 13.6 Å². The molecule has 1 aliphatic heterocycles. The van der Waals surface area contributed by atoms with E-state index >= 15 is 0 Å². The maximum Gasteiger partial charge on any atom is 0.254 e. The van der Waals surface area contributed by atoms with Crippen LogP contribution in [0, 0.1) is 11.6 Å². The molecule has 1 amide bonds. The van der Waals surface area contributed by atoms with Crippen molar-refractivity contribution in [3.8, 4) is 0 Å². The number of benzene rings is 1. The maximum absolute atomic E-state index is 13.2. The number of nitrogens with two attached hydrogens (primary N) is 1. The number of carbonyl (C=O) groups is 1. The fourth-order valence-corrected chi connectivity index (χ4v) is 2.50. The van der Waals surface area contributed by atoms with Gasteiger partial charge in [-0.05, 0) is 26.0 Å². The van der Waals surface area contributed by atoms with Crippen molar-refractivity contribution in [3.05, 3.63) is 35.4 Å². The van der Waals surface area contributed by atoms with Crippen LogP contribution < -0.4 is 5.73 Å². The molecule has 116 valence electrons. The Morgan fingerprint density at radius 1 is 1.14 bits per heavy atom.